The summed E-state index contributed by atoms with van der Waals surface area (Å²) in [5, 5.41) is 0. The van der Waals surface area contributed by atoms with Crippen molar-refractivity contribution in [3.8, 4) is 0 Å². The number of carbonyl (C=O) groups excluding carboxylic acids is 5. The molecule has 0 bridgehead atoms. The van der Waals surface area contributed by atoms with Crippen LogP contribution in [0.5, 0.6) is 0 Å². The molecule has 0 atom stereocenters. The van der Waals surface area contributed by atoms with Gasteiger partial charge in [-0.3, -0.25) is 24.2 Å². The molecule has 3 aliphatic heterocycles. The van der Waals surface area contributed by atoms with Crippen LogP contribution in [0.2, 0.25) is 25.7 Å². The predicted octanol–water partition coefficient (Wildman–Crippen LogP) is 2.40. The molecule has 1 spiro atoms. The molecule has 14 heteroatoms. The molecule has 4 N–H and O–H groups in total. The molecule has 45 heavy (non-hydrogen) atoms. The zero-order chi connectivity index (χ0) is 32.7. The van der Waals surface area contributed by atoms with Gasteiger partial charge in [-0.25, -0.2) is 14.5 Å². The SMILES string of the molecule is CC1(CN2C(=O)N(COCC[Si](C)(C)C)C(=O)C23COC3)CCC(N2C(=O)C(=C(N)N)C(=O)N(Cc3ccccc3)C2=O)CC1. The minimum Gasteiger partial charge on any atom is -0.385 e. The molecule has 5 rings (SSSR count). The first-order chi connectivity index (χ1) is 21.2. The summed E-state index contributed by atoms with van der Waals surface area (Å²) in [5.74, 6) is -2.33. The Hall–Kier alpha value is -3.75. The quantitative estimate of drug-likeness (QED) is 0.128. The molecule has 0 radical (unpaired) electrons. The Morgan fingerprint density at radius 1 is 0.956 bits per heavy atom. The largest absolute Gasteiger partial charge is 0.385 e. The first-order valence-electron chi connectivity index (χ1n) is 15.5. The van der Waals surface area contributed by atoms with E-state index in [1.165, 1.54) is 4.90 Å². The highest BCUT2D eigenvalue weighted by molar-refractivity contribution is 6.76. The Morgan fingerprint density at radius 2 is 1.60 bits per heavy atom. The van der Waals surface area contributed by atoms with Gasteiger partial charge in [0.1, 0.15) is 18.1 Å². The van der Waals surface area contributed by atoms with Crippen molar-refractivity contribution in [1.29, 1.82) is 0 Å². The lowest BCUT2D eigenvalue weighted by Crippen LogP contribution is -2.65. The van der Waals surface area contributed by atoms with Crippen LogP contribution in [0.4, 0.5) is 9.59 Å². The first kappa shape index (κ1) is 32.6. The van der Waals surface area contributed by atoms with E-state index in [4.69, 9.17) is 20.9 Å². The van der Waals surface area contributed by atoms with Crippen LogP contribution in [0.15, 0.2) is 41.7 Å². The molecule has 244 valence electrons. The minimum absolute atomic E-state index is 0.0306. The van der Waals surface area contributed by atoms with Gasteiger partial charge in [-0.1, -0.05) is 56.9 Å². The molecule has 0 aromatic heterocycles. The Balaban J connectivity index is 1.28. The third-order valence-electron chi connectivity index (χ3n) is 9.39. The average Bonchev–Trinajstić information content (AvgIpc) is 3.15. The number of nitrogens with two attached hydrogens (primary N) is 2. The van der Waals surface area contributed by atoms with Gasteiger partial charge in [-0.2, -0.15) is 0 Å². The summed E-state index contributed by atoms with van der Waals surface area (Å²) < 4.78 is 11.2. The van der Waals surface area contributed by atoms with Gasteiger partial charge in [-0.15, -0.1) is 0 Å². The summed E-state index contributed by atoms with van der Waals surface area (Å²) in [6.45, 7) is 9.73. The summed E-state index contributed by atoms with van der Waals surface area (Å²) in [5.41, 5.74) is 10.4. The molecule has 1 aliphatic carbocycles. The molecule has 13 nitrogen and oxygen atoms in total. The van der Waals surface area contributed by atoms with Crippen LogP contribution in [0, 0.1) is 5.41 Å². The number of hydrogen-bond acceptors (Lipinski definition) is 9. The number of nitrogens with zero attached hydrogens (tertiary/aromatic N) is 4. The summed E-state index contributed by atoms with van der Waals surface area (Å²) in [4.78, 5) is 72.3. The van der Waals surface area contributed by atoms with Crippen LogP contribution >= 0.6 is 0 Å². The molecule has 7 amide bonds. The lowest BCUT2D eigenvalue weighted by Gasteiger charge is -2.48. The van der Waals surface area contributed by atoms with Crippen molar-refractivity contribution in [1.82, 2.24) is 19.6 Å². The van der Waals surface area contributed by atoms with E-state index >= 15 is 0 Å². The van der Waals surface area contributed by atoms with Crippen molar-refractivity contribution in [2.24, 2.45) is 16.9 Å². The summed E-state index contributed by atoms with van der Waals surface area (Å²) in [7, 11) is -1.33. The number of rotatable bonds is 10. The maximum atomic E-state index is 13.7. The lowest BCUT2D eigenvalue weighted by atomic mass is 9.72. The number of barbiturate groups is 1. The van der Waals surface area contributed by atoms with Gasteiger partial charge >= 0.3 is 12.1 Å². The van der Waals surface area contributed by atoms with Crippen LogP contribution in [0.3, 0.4) is 0 Å². The maximum Gasteiger partial charge on any atom is 0.334 e. The molecule has 1 aromatic rings. The molecule has 3 heterocycles. The van der Waals surface area contributed by atoms with E-state index in [0.717, 1.165) is 15.8 Å². The fourth-order valence-corrected chi connectivity index (χ4v) is 7.20. The Kier molecular flexibility index (Phi) is 8.86. The highest BCUT2D eigenvalue weighted by Crippen LogP contribution is 2.44. The number of urea groups is 2. The van der Waals surface area contributed by atoms with Crippen molar-refractivity contribution in [2.75, 3.05) is 33.1 Å². The minimum atomic E-state index is -1.33. The van der Waals surface area contributed by atoms with Gasteiger partial charge in [0, 0.05) is 27.3 Å². The second kappa shape index (κ2) is 12.2. The summed E-state index contributed by atoms with van der Waals surface area (Å²) in [6.07, 6.45) is 2.03. The van der Waals surface area contributed by atoms with Crippen molar-refractivity contribution in [3.05, 3.63) is 47.3 Å². The van der Waals surface area contributed by atoms with Crippen LogP contribution in [0.25, 0.3) is 0 Å². The van der Waals surface area contributed by atoms with E-state index in [1.54, 1.807) is 29.2 Å². The van der Waals surface area contributed by atoms with Gasteiger partial charge in [0.25, 0.3) is 17.7 Å². The smallest absolute Gasteiger partial charge is 0.334 e. The Bertz CT molecular complexity index is 1390. The topological polar surface area (TPSA) is 169 Å². The second-order valence-electron chi connectivity index (χ2n) is 14.2. The van der Waals surface area contributed by atoms with Crippen molar-refractivity contribution in [2.45, 2.75) is 76.4 Å². The number of imide groups is 3. The van der Waals surface area contributed by atoms with E-state index < -0.39 is 54.3 Å². The molecule has 3 saturated heterocycles. The molecule has 1 aromatic carbocycles. The van der Waals surface area contributed by atoms with Gasteiger partial charge in [0.15, 0.2) is 5.54 Å². The number of benzene rings is 1. The predicted molar refractivity (Wildman–Crippen MR) is 166 cm³/mol. The molecular weight excluding hydrogens is 596 g/mol. The molecular formula is C31H44N6O7Si. The number of hydrogen-bond donors (Lipinski definition) is 2. The van der Waals surface area contributed by atoms with Crippen LogP contribution in [-0.2, 0) is 30.4 Å². The van der Waals surface area contributed by atoms with Crippen LogP contribution < -0.4 is 11.5 Å². The normalized spacial score (nSPS) is 25.5. The van der Waals surface area contributed by atoms with Crippen molar-refractivity contribution < 1.29 is 33.4 Å². The highest BCUT2D eigenvalue weighted by Gasteiger charge is 2.63. The van der Waals surface area contributed by atoms with E-state index in [-0.39, 0.29) is 38.4 Å². The molecule has 0 unspecified atom stereocenters. The second-order valence-corrected chi connectivity index (χ2v) is 19.8. The standard InChI is InChI=1S/C31H44N6O7Si/c1-30(17-36-28(41)35(20-43-14-15-45(2,3)4)27(40)31(36)18-44-19-31)12-10-22(11-13-30)37-26(39)23(24(32)33)25(38)34(29(37)42)16-21-8-6-5-7-9-21/h5-9,22H,10-20,32-33H2,1-4H3. The number of ether oxygens (including phenoxy) is 2. The van der Waals surface area contributed by atoms with Crippen LogP contribution in [-0.4, -0.2) is 102 Å². The van der Waals surface area contributed by atoms with E-state index in [0.29, 0.717) is 44.4 Å². The van der Waals surface area contributed by atoms with Crippen molar-refractivity contribution in [3.63, 3.8) is 0 Å². The highest BCUT2D eigenvalue weighted by atomic mass is 28.3. The molecule has 4 fully saturated rings. The first-order valence-corrected chi connectivity index (χ1v) is 19.2. The third kappa shape index (κ3) is 6.23. The number of carbonyl (C=O) groups is 5. The van der Waals surface area contributed by atoms with E-state index in [1.807, 2.05) is 6.07 Å². The summed E-state index contributed by atoms with van der Waals surface area (Å²) in [6, 6.07) is 8.34. The average molecular weight is 641 g/mol. The van der Waals surface area contributed by atoms with E-state index in [2.05, 4.69) is 26.6 Å². The molecule has 4 aliphatic rings. The Labute approximate surface area is 264 Å². The van der Waals surface area contributed by atoms with Gasteiger partial charge in [0.05, 0.1) is 19.8 Å². The lowest BCUT2D eigenvalue weighted by molar-refractivity contribution is -0.163. The zero-order valence-electron chi connectivity index (χ0n) is 26.5. The molecule has 1 saturated carbocycles. The van der Waals surface area contributed by atoms with Gasteiger partial charge in [0.2, 0.25) is 0 Å². The zero-order valence-corrected chi connectivity index (χ0v) is 27.5. The summed E-state index contributed by atoms with van der Waals surface area (Å²) >= 11 is 0. The van der Waals surface area contributed by atoms with E-state index in [9.17, 15) is 24.0 Å². The fourth-order valence-electron chi connectivity index (χ4n) is 6.45. The van der Waals surface area contributed by atoms with Gasteiger partial charge in [-0.05, 0) is 42.7 Å². The Morgan fingerprint density at radius 3 is 2.16 bits per heavy atom. The maximum absolute atomic E-state index is 13.7. The number of amides is 7. The monoisotopic (exact) mass is 640 g/mol. The van der Waals surface area contributed by atoms with Gasteiger partial charge < -0.3 is 25.8 Å². The fraction of sp³-hybridized carbons (Fsp3) is 0.581. The van der Waals surface area contributed by atoms with Crippen molar-refractivity contribution >= 4 is 37.9 Å². The third-order valence-corrected chi connectivity index (χ3v) is 11.1. The van der Waals surface area contributed by atoms with Crippen LogP contribution in [0.1, 0.15) is 38.2 Å².